The van der Waals surface area contributed by atoms with Gasteiger partial charge in [-0.2, -0.15) is 0 Å². The molecule has 0 fully saturated rings. The predicted molar refractivity (Wildman–Crippen MR) is 61.1 cm³/mol. The van der Waals surface area contributed by atoms with E-state index in [1.807, 2.05) is 0 Å². The minimum Gasteiger partial charge on any atom is -0.498 e. The number of hydrogen-bond donors (Lipinski definition) is 0. The van der Waals surface area contributed by atoms with E-state index in [1.165, 1.54) is 0 Å². The van der Waals surface area contributed by atoms with Gasteiger partial charge in [-0.25, -0.2) is 0 Å². The lowest BCUT2D eigenvalue weighted by atomic mass is 10.3. The first-order chi connectivity index (χ1) is 7.28. The Balaban J connectivity index is 4.09. The van der Waals surface area contributed by atoms with E-state index in [9.17, 15) is 0 Å². The Morgan fingerprint density at radius 3 is 1.53 bits per heavy atom. The van der Waals surface area contributed by atoms with Crippen LogP contribution >= 0.6 is 0 Å². The van der Waals surface area contributed by atoms with Crippen molar-refractivity contribution in [1.29, 1.82) is 0 Å². The number of rotatable bonds is 8. The van der Waals surface area contributed by atoms with Crippen molar-refractivity contribution in [3.63, 3.8) is 0 Å². The topological polar surface area (TPSA) is 27.7 Å². The van der Waals surface area contributed by atoms with E-state index in [1.54, 1.807) is 26.7 Å². The van der Waals surface area contributed by atoms with Crippen LogP contribution in [0.1, 0.15) is 39.5 Å². The summed E-state index contributed by atoms with van der Waals surface area (Å²) in [6, 6.07) is 0. The number of methoxy groups -OCH3 is 2. The Hall–Kier alpha value is -1.12. The molecule has 0 aliphatic heterocycles. The Kier molecular flexibility index (Phi) is 8.73. The van der Waals surface area contributed by atoms with Crippen molar-refractivity contribution >= 4 is 0 Å². The highest BCUT2D eigenvalue weighted by Crippen LogP contribution is 2.08. The highest BCUT2D eigenvalue weighted by molar-refractivity contribution is 4.92. The molecule has 0 saturated heterocycles. The van der Waals surface area contributed by atoms with Crippen LogP contribution in [0.4, 0.5) is 0 Å². The second-order valence-corrected chi connectivity index (χ2v) is 3.21. The van der Waals surface area contributed by atoms with E-state index >= 15 is 0 Å². The molecule has 0 amide bonds. The molecular formula is C12H22O3. The highest BCUT2D eigenvalue weighted by atomic mass is 16.5. The first-order valence-corrected chi connectivity index (χ1v) is 5.39. The average molecular weight is 214 g/mol. The van der Waals surface area contributed by atoms with Crippen LogP contribution in [0.15, 0.2) is 24.0 Å². The summed E-state index contributed by atoms with van der Waals surface area (Å²) in [5.74, 6) is 1.70. The monoisotopic (exact) mass is 214 g/mol. The number of ether oxygens (including phenoxy) is 3. The van der Waals surface area contributed by atoms with Crippen LogP contribution in [0, 0.1) is 0 Å². The predicted octanol–water partition coefficient (Wildman–Crippen LogP) is 3.58. The molecule has 0 radical (unpaired) electrons. The number of hydrogen-bond acceptors (Lipinski definition) is 3. The van der Waals surface area contributed by atoms with E-state index in [0.717, 1.165) is 37.2 Å². The van der Waals surface area contributed by atoms with Crippen molar-refractivity contribution in [2.45, 2.75) is 39.5 Å². The second kappa shape index (κ2) is 9.44. The molecule has 0 N–H and O–H groups in total. The fourth-order valence-electron chi connectivity index (χ4n) is 1.10. The maximum Gasteiger partial charge on any atom is 0.130 e. The molecule has 0 aliphatic carbocycles. The van der Waals surface area contributed by atoms with Gasteiger partial charge in [0.1, 0.15) is 24.0 Å². The summed E-state index contributed by atoms with van der Waals surface area (Å²) in [5.41, 5.74) is 0. The van der Waals surface area contributed by atoms with E-state index < -0.39 is 0 Å². The maximum absolute atomic E-state index is 5.27. The lowest BCUT2D eigenvalue weighted by Crippen LogP contribution is -1.89. The SMILES string of the molecule is CCCC(=COC=C(CCC)OC)OC. The summed E-state index contributed by atoms with van der Waals surface area (Å²) in [6.07, 6.45) is 7.11. The molecule has 0 aliphatic rings. The third-order valence-corrected chi connectivity index (χ3v) is 1.92. The Bertz CT molecular complexity index is 185. The highest BCUT2D eigenvalue weighted by Gasteiger charge is 1.96. The molecular weight excluding hydrogens is 192 g/mol. The average Bonchev–Trinajstić information content (AvgIpc) is 2.26. The maximum atomic E-state index is 5.27. The minimum atomic E-state index is 0.848. The summed E-state index contributed by atoms with van der Waals surface area (Å²) >= 11 is 0. The fraction of sp³-hybridized carbons (Fsp3) is 0.667. The minimum absolute atomic E-state index is 0.848. The van der Waals surface area contributed by atoms with Gasteiger partial charge in [0.25, 0.3) is 0 Å². The van der Waals surface area contributed by atoms with Crippen molar-refractivity contribution in [1.82, 2.24) is 0 Å². The van der Waals surface area contributed by atoms with Gasteiger partial charge in [-0.1, -0.05) is 13.8 Å². The van der Waals surface area contributed by atoms with Gasteiger partial charge < -0.3 is 14.2 Å². The van der Waals surface area contributed by atoms with Crippen LogP contribution in [0.2, 0.25) is 0 Å². The van der Waals surface area contributed by atoms with E-state index in [-0.39, 0.29) is 0 Å². The van der Waals surface area contributed by atoms with Gasteiger partial charge in [0.15, 0.2) is 0 Å². The largest absolute Gasteiger partial charge is 0.498 e. The zero-order chi connectivity index (χ0) is 11.5. The van der Waals surface area contributed by atoms with E-state index in [0.29, 0.717) is 0 Å². The van der Waals surface area contributed by atoms with Gasteiger partial charge in [0.05, 0.1) is 14.2 Å². The van der Waals surface area contributed by atoms with Crippen LogP contribution in [-0.2, 0) is 14.2 Å². The molecule has 0 aromatic carbocycles. The quantitative estimate of drug-likeness (QED) is 0.578. The summed E-state index contributed by atoms with van der Waals surface area (Å²) in [5, 5.41) is 0. The van der Waals surface area contributed by atoms with Crippen molar-refractivity contribution < 1.29 is 14.2 Å². The van der Waals surface area contributed by atoms with E-state index in [2.05, 4.69) is 13.8 Å². The molecule has 15 heavy (non-hydrogen) atoms. The van der Waals surface area contributed by atoms with Crippen molar-refractivity contribution in [3.05, 3.63) is 24.0 Å². The van der Waals surface area contributed by atoms with Gasteiger partial charge in [0.2, 0.25) is 0 Å². The molecule has 0 saturated carbocycles. The smallest absolute Gasteiger partial charge is 0.130 e. The summed E-state index contributed by atoms with van der Waals surface area (Å²) in [7, 11) is 3.30. The Morgan fingerprint density at radius 2 is 1.27 bits per heavy atom. The third-order valence-electron chi connectivity index (χ3n) is 1.92. The van der Waals surface area contributed by atoms with Crippen LogP contribution in [0.5, 0.6) is 0 Å². The number of allylic oxidation sites excluding steroid dienone is 2. The molecule has 88 valence electrons. The Labute approximate surface area is 92.7 Å². The lowest BCUT2D eigenvalue weighted by Gasteiger charge is -2.05. The van der Waals surface area contributed by atoms with Gasteiger partial charge in [-0.3, -0.25) is 0 Å². The summed E-state index contributed by atoms with van der Waals surface area (Å²) in [6.45, 7) is 4.20. The first-order valence-electron chi connectivity index (χ1n) is 5.39. The molecule has 0 aromatic rings. The van der Waals surface area contributed by atoms with Gasteiger partial charge >= 0.3 is 0 Å². The van der Waals surface area contributed by atoms with Gasteiger partial charge in [0, 0.05) is 12.8 Å². The zero-order valence-corrected chi connectivity index (χ0v) is 10.2. The molecule has 3 nitrogen and oxygen atoms in total. The molecule has 0 aromatic heterocycles. The van der Waals surface area contributed by atoms with Gasteiger partial charge in [-0.05, 0) is 12.8 Å². The van der Waals surface area contributed by atoms with Crippen LogP contribution in [0.3, 0.4) is 0 Å². The molecule has 3 heteroatoms. The standard InChI is InChI=1S/C12H22O3/c1-5-7-11(13-3)9-15-10-12(14-4)8-6-2/h9-10H,5-8H2,1-4H3. The van der Waals surface area contributed by atoms with Crippen LogP contribution in [-0.4, -0.2) is 14.2 Å². The lowest BCUT2D eigenvalue weighted by molar-refractivity contribution is 0.230. The van der Waals surface area contributed by atoms with Crippen molar-refractivity contribution in [3.8, 4) is 0 Å². The molecule has 0 spiro atoms. The second-order valence-electron chi connectivity index (χ2n) is 3.21. The normalized spacial score (nSPS) is 12.5. The Morgan fingerprint density at radius 1 is 0.867 bits per heavy atom. The molecule has 0 bridgehead atoms. The first kappa shape index (κ1) is 13.9. The van der Waals surface area contributed by atoms with Crippen molar-refractivity contribution in [2.75, 3.05) is 14.2 Å². The van der Waals surface area contributed by atoms with Gasteiger partial charge in [-0.15, -0.1) is 0 Å². The van der Waals surface area contributed by atoms with Crippen LogP contribution in [0.25, 0.3) is 0 Å². The fourth-order valence-corrected chi connectivity index (χ4v) is 1.10. The summed E-state index contributed by atoms with van der Waals surface area (Å²) in [4.78, 5) is 0. The third kappa shape index (κ3) is 6.89. The van der Waals surface area contributed by atoms with Crippen LogP contribution < -0.4 is 0 Å². The molecule has 0 atom stereocenters. The van der Waals surface area contributed by atoms with E-state index in [4.69, 9.17) is 14.2 Å². The van der Waals surface area contributed by atoms with Crippen molar-refractivity contribution in [2.24, 2.45) is 0 Å². The molecule has 0 rings (SSSR count). The molecule has 0 heterocycles. The zero-order valence-electron chi connectivity index (χ0n) is 10.2. The molecule has 0 unspecified atom stereocenters. The summed E-state index contributed by atoms with van der Waals surface area (Å²) < 4.78 is 15.5.